The lowest BCUT2D eigenvalue weighted by Crippen LogP contribution is -2.35. The van der Waals surface area contributed by atoms with Gasteiger partial charge in [-0.05, 0) is 25.5 Å². The highest BCUT2D eigenvalue weighted by atomic mass is 16.3. The van der Waals surface area contributed by atoms with Crippen molar-refractivity contribution in [3.8, 4) is 0 Å². The zero-order valence-corrected chi connectivity index (χ0v) is 9.02. The molecule has 0 bridgehead atoms. The molecule has 15 heavy (non-hydrogen) atoms. The Morgan fingerprint density at radius 2 is 2.60 bits per heavy atom. The van der Waals surface area contributed by atoms with Gasteiger partial charge in [-0.1, -0.05) is 0 Å². The van der Waals surface area contributed by atoms with Crippen LogP contribution in [-0.2, 0) is 0 Å². The predicted octanol–water partition coefficient (Wildman–Crippen LogP) is 1.40. The van der Waals surface area contributed by atoms with E-state index in [0.717, 1.165) is 31.8 Å². The number of likely N-dealkylation sites (tertiary alicyclic amines) is 1. The molecule has 1 aromatic rings. The van der Waals surface area contributed by atoms with E-state index in [-0.39, 0.29) is 0 Å². The average molecular weight is 207 g/mol. The maximum absolute atomic E-state index is 5.85. The van der Waals surface area contributed by atoms with Gasteiger partial charge in [-0.2, -0.15) is 0 Å². The van der Waals surface area contributed by atoms with Gasteiger partial charge in [0.1, 0.15) is 5.76 Å². The number of nitrogens with two attached hydrogens (primary N) is 1. The molecule has 0 amide bonds. The summed E-state index contributed by atoms with van der Waals surface area (Å²) in [4.78, 5) is 6.33. The lowest BCUT2D eigenvalue weighted by Gasteiger charge is -2.16. The summed E-state index contributed by atoms with van der Waals surface area (Å²) in [7, 11) is 0. The maximum Gasteiger partial charge on any atom is 0.191 e. The molecule has 82 valence electrons. The molecule has 2 rings (SSSR count). The highest BCUT2D eigenvalue weighted by Crippen LogP contribution is 2.26. The molecule has 1 saturated heterocycles. The Kier molecular flexibility index (Phi) is 2.94. The van der Waals surface area contributed by atoms with Gasteiger partial charge in [0.2, 0.25) is 0 Å². The minimum Gasteiger partial charge on any atom is -0.469 e. The fraction of sp³-hybridized carbons (Fsp3) is 0.545. The van der Waals surface area contributed by atoms with Gasteiger partial charge < -0.3 is 15.1 Å². The molecule has 0 aromatic carbocycles. The van der Waals surface area contributed by atoms with Crippen molar-refractivity contribution < 1.29 is 4.42 Å². The average Bonchev–Trinajstić information content (AvgIpc) is 2.89. The van der Waals surface area contributed by atoms with Crippen LogP contribution >= 0.6 is 0 Å². The Balaban J connectivity index is 1.98. The minimum atomic E-state index is 0.464. The summed E-state index contributed by atoms with van der Waals surface area (Å²) in [5.74, 6) is 2.18. The molecule has 2 heterocycles. The summed E-state index contributed by atoms with van der Waals surface area (Å²) in [6.07, 6.45) is 2.81. The van der Waals surface area contributed by atoms with Gasteiger partial charge in [-0.3, -0.25) is 4.99 Å². The normalized spacial score (nSPS) is 22.3. The van der Waals surface area contributed by atoms with E-state index in [4.69, 9.17) is 10.2 Å². The number of hydrogen-bond acceptors (Lipinski definition) is 2. The van der Waals surface area contributed by atoms with Crippen LogP contribution in [0.5, 0.6) is 0 Å². The lowest BCUT2D eigenvalue weighted by atomic mass is 10.1. The standard InChI is InChI=1S/C11H17N3O/c1-2-13-11(12)14-6-5-9(8-14)10-4-3-7-15-10/h3-4,7,9H,2,5-6,8H2,1H3,(H2,12,13)/t9-/m0/s1. The predicted molar refractivity (Wildman–Crippen MR) is 59.8 cm³/mol. The lowest BCUT2D eigenvalue weighted by molar-refractivity contribution is 0.450. The van der Waals surface area contributed by atoms with E-state index in [9.17, 15) is 0 Å². The quantitative estimate of drug-likeness (QED) is 0.589. The summed E-state index contributed by atoms with van der Waals surface area (Å²) in [6.45, 7) is 4.63. The van der Waals surface area contributed by atoms with Crippen LogP contribution < -0.4 is 5.73 Å². The van der Waals surface area contributed by atoms with Crippen LogP contribution in [0.4, 0.5) is 0 Å². The SMILES string of the molecule is CCN=C(N)N1CC[C@H](c2ccco2)C1. The van der Waals surface area contributed by atoms with Crippen LogP contribution in [0.1, 0.15) is 25.0 Å². The van der Waals surface area contributed by atoms with E-state index >= 15 is 0 Å². The molecule has 1 atom stereocenters. The van der Waals surface area contributed by atoms with E-state index in [2.05, 4.69) is 9.89 Å². The van der Waals surface area contributed by atoms with Crippen LogP contribution in [0, 0.1) is 0 Å². The fourth-order valence-electron chi connectivity index (χ4n) is 1.99. The molecule has 1 fully saturated rings. The second-order valence-electron chi connectivity index (χ2n) is 3.78. The van der Waals surface area contributed by atoms with Gasteiger partial charge in [0.25, 0.3) is 0 Å². The van der Waals surface area contributed by atoms with Crippen LogP contribution in [0.15, 0.2) is 27.8 Å². The van der Waals surface area contributed by atoms with E-state index < -0.39 is 0 Å². The van der Waals surface area contributed by atoms with E-state index in [0.29, 0.717) is 11.9 Å². The molecule has 1 aromatic heterocycles. The Morgan fingerprint density at radius 1 is 1.73 bits per heavy atom. The van der Waals surface area contributed by atoms with Gasteiger partial charge in [0.05, 0.1) is 6.26 Å². The molecule has 2 N–H and O–H groups in total. The second-order valence-corrected chi connectivity index (χ2v) is 3.78. The first kappa shape index (κ1) is 10.1. The van der Waals surface area contributed by atoms with Crippen LogP contribution in [0.3, 0.4) is 0 Å². The molecule has 4 heteroatoms. The summed E-state index contributed by atoms with van der Waals surface area (Å²) in [6, 6.07) is 3.96. The van der Waals surface area contributed by atoms with Crippen molar-refractivity contribution in [3.63, 3.8) is 0 Å². The topological polar surface area (TPSA) is 54.8 Å². The van der Waals surface area contributed by atoms with Gasteiger partial charge in [-0.15, -0.1) is 0 Å². The van der Waals surface area contributed by atoms with Gasteiger partial charge in [-0.25, -0.2) is 0 Å². The van der Waals surface area contributed by atoms with Crippen molar-refractivity contribution in [2.75, 3.05) is 19.6 Å². The number of furan rings is 1. The van der Waals surface area contributed by atoms with Crippen molar-refractivity contribution in [2.45, 2.75) is 19.3 Å². The molecule has 0 radical (unpaired) electrons. The van der Waals surface area contributed by atoms with Crippen LogP contribution in [0.2, 0.25) is 0 Å². The zero-order chi connectivity index (χ0) is 10.7. The number of hydrogen-bond donors (Lipinski definition) is 1. The first-order valence-corrected chi connectivity index (χ1v) is 5.39. The fourth-order valence-corrected chi connectivity index (χ4v) is 1.99. The Bertz CT molecular complexity index is 332. The van der Waals surface area contributed by atoms with E-state index in [1.165, 1.54) is 0 Å². The summed E-state index contributed by atoms with van der Waals surface area (Å²) in [5, 5.41) is 0. The summed E-state index contributed by atoms with van der Waals surface area (Å²) >= 11 is 0. The highest BCUT2D eigenvalue weighted by Gasteiger charge is 2.26. The van der Waals surface area contributed by atoms with Crippen molar-refractivity contribution >= 4 is 5.96 Å². The Hall–Kier alpha value is -1.45. The first-order valence-electron chi connectivity index (χ1n) is 5.39. The molecule has 0 unspecified atom stereocenters. The Morgan fingerprint density at radius 3 is 3.27 bits per heavy atom. The maximum atomic E-state index is 5.85. The number of aliphatic imine (C=N–C) groups is 1. The smallest absolute Gasteiger partial charge is 0.191 e. The van der Waals surface area contributed by atoms with Gasteiger partial charge >= 0.3 is 0 Å². The number of guanidine groups is 1. The van der Waals surface area contributed by atoms with Crippen molar-refractivity contribution in [1.29, 1.82) is 0 Å². The number of rotatable bonds is 2. The molecule has 1 aliphatic rings. The molecule has 4 nitrogen and oxygen atoms in total. The molecule has 0 spiro atoms. The molecule has 0 saturated carbocycles. The second kappa shape index (κ2) is 4.38. The third-order valence-electron chi connectivity index (χ3n) is 2.78. The largest absolute Gasteiger partial charge is 0.469 e. The number of nitrogens with zero attached hydrogens (tertiary/aromatic N) is 2. The molecule has 1 aliphatic heterocycles. The highest BCUT2D eigenvalue weighted by molar-refractivity contribution is 5.78. The Labute approximate surface area is 89.8 Å². The van der Waals surface area contributed by atoms with Crippen molar-refractivity contribution in [3.05, 3.63) is 24.2 Å². The van der Waals surface area contributed by atoms with E-state index in [1.807, 2.05) is 19.1 Å². The van der Waals surface area contributed by atoms with Gasteiger partial charge in [0.15, 0.2) is 5.96 Å². The van der Waals surface area contributed by atoms with Crippen LogP contribution in [0.25, 0.3) is 0 Å². The van der Waals surface area contributed by atoms with Crippen LogP contribution in [-0.4, -0.2) is 30.5 Å². The van der Waals surface area contributed by atoms with Gasteiger partial charge in [0, 0.05) is 25.6 Å². The van der Waals surface area contributed by atoms with E-state index in [1.54, 1.807) is 6.26 Å². The zero-order valence-electron chi connectivity index (χ0n) is 9.02. The monoisotopic (exact) mass is 207 g/mol. The third-order valence-corrected chi connectivity index (χ3v) is 2.78. The minimum absolute atomic E-state index is 0.464. The van der Waals surface area contributed by atoms with Crippen molar-refractivity contribution in [1.82, 2.24) is 4.90 Å². The molecular formula is C11H17N3O. The first-order chi connectivity index (χ1) is 7.31. The molecular weight excluding hydrogens is 190 g/mol. The summed E-state index contributed by atoms with van der Waals surface area (Å²) in [5.41, 5.74) is 5.85. The summed E-state index contributed by atoms with van der Waals surface area (Å²) < 4.78 is 5.40. The van der Waals surface area contributed by atoms with Crippen molar-refractivity contribution in [2.24, 2.45) is 10.7 Å². The third kappa shape index (κ3) is 2.14. The molecule has 0 aliphatic carbocycles.